The van der Waals surface area contributed by atoms with Crippen molar-refractivity contribution < 1.29 is 18.3 Å². The molecule has 0 aromatic heterocycles. The molecule has 0 amide bonds. The highest BCUT2D eigenvalue weighted by atomic mass is 32.2. The molecule has 2 unspecified atom stereocenters. The fourth-order valence-corrected chi connectivity index (χ4v) is 3.41. The van der Waals surface area contributed by atoms with Gasteiger partial charge >= 0.3 is 5.97 Å². The first kappa shape index (κ1) is 14.8. The van der Waals surface area contributed by atoms with E-state index in [2.05, 4.69) is 0 Å². The fourth-order valence-electron chi connectivity index (χ4n) is 2.53. The average Bonchev–Trinajstić information content (AvgIpc) is 2.81. The van der Waals surface area contributed by atoms with Gasteiger partial charge in [-0.25, -0.2) is 8.42 Å². The predicted octanol–water partition coefficient (Wildman–Crippen LogP) is 1.64. The largest absolute Gasteiger partial charge is 0.481 e. The molecule has 2 rings (SSSR count). The van der Waals surface area contributed by atoms with Crippen molar-refractivity contribution >= 4 is 21.5 Å². The van der Waals surface area contributed by atoms with Gasteiger partial charge < -0.3 is 10.0 Å². The lowest BCUT2D eigenvalue weighted by molar-refractivity contribution is -0.142. The van der Waals surface area contributed by atoms with Gasteiger partial charge in [-0.15, -0.1) is 0 Å². The molecule has 1 fully saturated rings. The van der Waals surface area contributed by atoms with E-state index in [0.29, 0.717) is 18.0 Å². The number of benzene rings is 1. The molecular weight excluding hydrogens is 278 g/mol. The van der Waals surface area contributed by atoms with Gasteiger partial charge in [0.1, 0.15) is 0 Å². The molecule has 1 saturated heterocycles. The van der Waals surface area contributed by atoms with Gasteiger partial charge in [0, 0.05) is 18.8 Å². The smallest absolute Gasteiger partial charge is 0.308 e. The minimum atomic E-state index is -3.19. The van der Waals surface area contributed by atoms with Crippen LogP contribution in [0.2, 0.25) is 0 Å². The summed E-state index contributed by atoms with van der Waals surface area (Å²) in [5.41, 5.74) is 0.871. The summed E-state index contributed by atoms with van der Waals surface area (Å²) in [5, 5.41) is 9.13. The van der Waals surface area contributed by atoms with E-state index in [-0.39, 0.29) is 17.6 Å². The van der Waals surface area contributed by atoms with Crippen molar-refractivity contribution in [2.24, 2.45) is 11.8 Å². The molecule has 0 spiro atoms. The number of nitrogens with zero attached hydrogens (tertiary/aromatic N) is 1. The van der Waals surface area contributed by atoms with Gasteiger partial charge in [-0.05, 0) is 30.2 Å². The highest BCUT2D eigenvalue weighted by Gasteiger charge is 2.34. The molecule has 5 nitrogen and oxygen atoms in total. The zero-order chi connectivity index (χ0) is 14.9. The van der Waals surface area contributed by atoms with Gasteiger partial charge in [-0.1, -0.05) is 13.8 Å². The average molecular weight is 297 g/mol. The summed E-state index contributed by atoms with van der Waals surface area (Å²) in [5.74, 6) is -0.973. The van der Waals surface area contributed by atoms with Crippen molar-refractivity contribution in [3.8, 4) is 0 Å². The van der Waals surface area contributed by atoms with E-state index >= 15 is 0 Å². The van der Waals surface area contributed by atoms with Crippen molar-refractivity contribution in [1.29, 1.82) is 0 Å². The van der Waals surface area contributed by atoms with E-state index in [1.807, 2.05) is 11.8 Å². The number of hydrogen-bond donors (Lipinski definition) is 1. The molecule has 20 heavy (non-hydrogen) atoms. The number of anilines is 1. The van der Waals surface area contributed by atoms with Crippen LogP contribution in [0.25, 0.3) is 0 Å². The molecule has 1 heterocycles. The van der Waals surface area contributed by atoms with Gasteiger partial charge in [-0.3, -0.25) is 4.79 Å². The molecule has 1 aromatic rings. The van der Waals surface area contributed by atoms with Crippen LogP contribution in [0.15, 0.2) is 29.2 Å². The van der Waals surface area contributed by atoms with Crippen molar-refractivity contribution in [3.05, 3.63) is 24.3 Å². The SMILES string of the molecule is CCS(=O)(=O)c1ccc(N2CC(C)C(C(=O)O)C2)cc1. The van der Waals surface area contributed by atoms with E-state index in [9.17, 15) is 13.2 Å². The summed E-state index contributed by atoms with van der Waals surface area (Å²) >= 11 is 0. The third-order valence-electron chi connectivity index (χ3n) is 3.87. The molecule has 2 atom stereocenters. The molecule has 0 bridgehead atoms. The maximum absolute atomic E-state index is 11.7. The second kappa shape index (κ2) is 5.44. The lowest BCUT2D eigenvalue weighted by Crippen LogP contribution is -2.23. The number of hydrogen-bond acceptors (Lipinski definition) is 4. The lowest BCUT2D eigenvalue weighted by Gasteiger charge is -2.18. The molecule has 1 aliphatic rings. The van der Waals surface area contributed by atoms with E-state index in [4.69, 9.17) is 5.11 Å². The second-order valence-corrected chi connectivity index (χ2v) is 7.50. The van der Waals surface area contributed by atoms with Crippen LogP contribution >= 0.6 is 0 Å². The van der Waals surface area contributed by atoms with E-state index in [1.165, 1.54) is 0 Å². The van der Waals surface area contributed by atoms with Crippen LogP contribution in [0.3, 0.4) is 0 Å². The molecule has 0 radical (unpaired) electrons. The Labute approximate surface area is 119 Å². The number of carbonyl (C=O) groups is 1. The molecule has 0 aliphatic carbocycles. The molecule has 1 aliphatic heterocycles. The van der Waals surface area contributed by atoms with E-state index < -0.39 is 15.8 Å². The summed E-state index contributed by atoms with van der Waals surface area (Å²) in [6, 6.07) is 6.68. The second-order valence-electron chi connectivity index (χ2n) is 5.22. The topological polar surface area (TPSA) is 74.7 Å². The van der Waals surface area contributed by atoms with Crippen LogP contribution < -0.4 is 4.90 Å². The van der Waals surface area contributed by atoms with Crippen LogP contribution in [-0.2, 0) is 14.6 Å². The number of sulfone groups is 1. The maximum atomic E-state index is 11.7. The fraction of sp³-hybridized carbons (Fsp3) is 0.500. The highest BCUT2D eigenvalue weighted by molar-refractivity contribution is 7.91. The van der Waals surface area contributed by atoms with Crippen LogP contribution in [0.4, 0.5) is 5.69 Å². The summed E-state index contributed by atoms with van der Waals surface area (Å²) in [4.78, 5) is 13.4. The Balaban J connectivity index is 2.18. The van der Waals surface area contributed by atoms with Crippen molar-refractivity contribution in [2.75, 3.05) is 23.7 Å². The highest BCUT2D eigenvalue weighted by Crippen LogP contribution is 2.29. The number of rotatable bonds is 4. The minimum Gasteiger partial charge on any atom is -0.481 e. The molecular formula is C14H19NO4S. The third kappa shape index (κ3) is 2.80. The number of carboxylic acids is 1. The van der Waals surface area contributed by atoms with Crippen molar-refractivity contribution in [3.63, 3.8) is 0 Å². The summed E-state index contributed by atoms with van der Waals surface area (Å²) < 4.78 is 23.5. The number of aliphatic carboxylic acids is 1. The van der Waals surface area contributed by atoms with Crippen molar-refractivity contribution in [2.45, 2.75) is 18.7 Å². The first-order chi connectivity index (χ1) is 9.35. The molecule has 0 saturated carbocycles. The Kier molecular flexibility index (Phi) is 4.04. The lowest BCUT2D eigenvalue weighted by atomic mass is 9.99. The standard InChI is InChI=1S/C14H19NO4S/c1-3-20(18,19)12-6-4-11(5-7-12)15-8-10(2)13(9-15)14(16)17/h4-7,10,13H,3,8-9H2,1-2H3,(H,16,17). The van der Waals surface area contributed by atoms with Crippen LogP contribution in [0, 0.1) is 11.8 Å². The Morgan fingerprint density at radius 2 is 1.90 bits per heavy atom. The van der Waals surface area contributed by atoms with Crippen LogP contribution in [-0.4, -0.2) is 38.3 Å². The Hall–Kier alpha value is -1.56. The normalized spacial score (nSPS) is 23.0. The van der Waals surface area contributed by atoms with Gasteiger partial charge in [0.25, 0.3) is 0 Å². The van der Waals surface area contributed by atoms with Crippen LogP contribution in [0.1, 0.15) is 13.8 Å². The van der Waals surface area contributed by atoms with Gasteiger partial charge in [0.05, 0.1) is 16.6 Å². The van der Waals surface area contributed by atoms with Gasteiger partial charge in [-0.2, -0.15) is 0 Å². The predicted molar refractivity (Wildman–Crippen MR) is 76.7 cm³/mol. The quantitative estimate of drug-likeness (QED) is 0.914. The Bertz CT molecular complexity index is 594. The molecule has 1 aromatic carbocycles. The van der Waals surface area contributed by atoms with E-state index in [0.717, 1.165) is 5.69 Å². The van der Waals surface area contributed by atoms with Crippen LogP contribution in [0.5, 0.6) is 0 Å². The van der Waals surface area contributed by atoms with E-state index in [1.54, 1.807) is 31.2 Å². The summed E-state index contributed by atoms with van der Waals surface area (Å²) in [7, 11) is -3.19. The molecule has 110 valence electrons. The minimum absolute atomic E-state index is 0.0776. The van der Waals surface area contributed by atoms with Gasteiger partial charge in [0.2, 0.25) is 0 Å². The number of carboxylic acid groups (broad SMARTS) is 1. The first-order valence-corrected chi connectivity index (χ1v) is 8.31. The Morgan fingerprint density at radius 1 is 1.30 bits per heavy atom. The van der Waals surface area contributed by atoms with Gasteiger partial charge in [0.15, 0.2) is 9.84 Å². The third-order valence-corrected chi connectivity index (χ3v) is 5.62. The Morgan fingerprint density at radius 3 is 2.35 bits per heavy atom. The maximum Gasteiger partial charge on any atom is 0.308 e. The molecule has 1 N–H and O–H groups in total. The summed E-state index contributed by atoms with van der Waals surface area (Å²) in [6.07, 6.45) is 0. The molecule has 6 heteroatoms. The first-order valence-electron chi connectivity index (χ1n) is 6.65. The zero-order valence-electron chi connectivity index (χ0n) is 11.6. The zero-order valence-corrected chi connectivity index (χ0v) is 12.4. The van der Waals surface area contributed by atoms with Crippen molar-refractivity contribution in [1.82, 2.24) is 0 Å². The monoisotopic (exact) mass is 297 g/mol. The summed E-state index contributed by atoms with van der Waals surface area (Å²) in [6.45, 7) is 4.69.